The molecule has 0 spiro atoms. The predicted octanol–water partition coefficient (Wildman–Crippen LogP) is 3.78. The largest absolute Gasteiger partial charge is 0.369 e. The third kappa shape index (κ3) is 4.24. The van der Waals surface area contributed by atoms with Crippen molar-refractivity contribution in [3.8, 4) is 0 Å². The number of ketones is 1. The van der Waals surface area contributed by atoms with Crippen molar-refractivity contribution >= 4 is 11.5 Å². The van der Waals surface area contributed by atoms with Crippen molar-refractivity contribution in [1.82, 2.24) is 4.90 Å². The summed E-state index contributed by atoms with van der Waals surface area (Å²) >= 11 is 0. The Bertz CT molecular complexity index is 661. The summed E-state index contributed by atoms with van der Waals surface area (Å²) in [6, 6.07) is 18.5. The van der Waals surface area contributed by atoms with Gasteiger partial charge in [-0.3, -0.25) is 9.69 Å². The van der Waals surface area contributed by atoms with E-state index < -0.39 is 0 Å². The van der Waals surface area contributed by atoms with Crippen molar-refractivity contribution in [2.75, 3.05) is 37.6 Å². The smallest absolute Gasteiger partial charge is 0.163 e. The Morgan fingerprint density at radius 3 is 2.29 bits per heavy atom. The van der Waals surface area contributed by atoms with Crippen LogP contribution in [0.2, 0.25) is 0 Å². The normalized spacial score (nSPS) is 15.5. The van der Waals surface area contributed by atoms with Crippen molar-refractivity contribution in [2.45, 2.75) is 19.8 Å². The Hall–Kier alpha value is -2.13. The molecule has 126 valence electrons. The molecule has 1 fully saturated rings. The molecule has 0 aliphatic carbocycles. The molecule has 3 nitrogen and oxygen atoms in total. The summed E-state index contributed by atoms with van der Waals surface area (Å²) in [5.41, 5.74) is 3.28. The third-order valence-corrected chi connectivity index (χ3v) is 4.82. The highest BCUT2D eigenvalue weighted by atomic mass is 16.1. The molecule has 1 saturated heterocycles. The summed E-state index contributed by atoms with van der Waals surface area (Å²) in [7, 11) is 0. The second kappa shape index (κ2) is 8.11. The number of Topliss-reactive ketones (excluding diaryl/α,β-unsaturated/α-hetero) is 1. The van der Waals surface area contributed by atoms with Crippen LogP contribution in [0.3, 0.4) is 0 Å². The lowest BCUT2D eigenvalue weighted by Crippen LogP contribution is -2.46. The molecular weight excluding hydrogens is 296 g/mol. The highest BCUT2D eigenvalue weighted by Gasteiger charge is 2.17. The number of carbonyl (C=O) groups excluding carboxylic acids is 1. The molecule has 3 rings (SSSR count). The van der Waals surface area contributed by atoms with E-state index in [9.17, 15) is 4.79 Å². The average Bonchev–Trinajstić information content (AvgIpc) is 2.63. The monoisotopic (exact) mass is 322 g/mol. The van der Waals surface area contributed by atoms with E-state index in [0.717, 1.165) is 50.3 Å². The summed E-state index contributed by atoms with van der Waals surface area (Å²) in [5.74, 6) is 0.274. The minimum atomic E-state index is 0.274. The summed E-state index contributed by atoms with van der Waals surface area (Å²) in [4.78, 5) is 17.2. The van der Waals surface area contributed by atoms with E-state index in [1.54, 1.807) is 0 Å². The number of rotatable bonds is 6. The van der Waals surface area contributed by atoms with E-state index >= 15 is 0 Å². The minimum Gasteiger partial charge on any atom is -0.369 e. The van der Waals surface area contributed by atoms with E-state index in [4.69, 9.17) is 0 Å². The van der Waals surface area contributed by atoms with Gasteiger partial charge in [0.1, 0.15) is 0 Å². The Morgan fingerprint density at radius 2 is 1.58 bits per heavy atom. The first-order valence-corrected chi connectivity index (χ1v) is 8.85. The molecule has 1 heterocycles. The number of piperazine rings is 1. The first kappa shape index (κ1) is 16.7. The Kier molecular flexibility index (Phi) is 5.65. The first-order valence-electron chi connectivity index (χ1n) is 8.85. The van der Waals surface area contributed by atoms with Gasteiger partial charge in [0, 0.05) is 43.9 Å². The van der Waals surface area contributed by atoms with Gasteiger partial charge in [0.05, 0.1) is 0 Å². The van der Waals surface area contributed by atoms with Gasteiger partial charge in [-0.15, -0.1) is 0 Å². The van der Waals surface area contributed by atoms with Gasteiger partial charge in [-0.1, -0.05) is 42.5 Å². The average molecular weight is 322 g/mol. The van der Waals surface area contributed by atoms with Crippen LogP contribution >= 0.6 is 0 Å². The second-order valence-corrected chi connectivity index (χ2v) is 6.51. The fourth-order valence-electron chi connectivity index (χ4n) is 3.35. The van der Waals surface area contributed by atoms with Crippen molar-refractivity contribution in [1.29, 1.82) is 0 Å². The molecule has 2 aromatic rings. The molecule has 1 aliphatic heterocycles. The molecule has 0 N–H and O–H groups in total. The maximum atomic E-state index is 12.3. The van der Waals surface area contributed by atoms with Crippen LogP contribution in [0.15, 0.2) is 54.6 Å². The van der Waals surface area contributed by atoms with Gasteiger partial charge in [0.25, 0.3) is 0 Å². The van der Waals surface area contributed by atoms with E-state index in [-0.39, 0.29) is 5.78 Å². The quantitative estimate of drug-likeness (QED) is 0.756. The number of para-hydroxylation sites is 1. The van der Waals surface area contributed by atoms with E-state index in [0.29, 0.717) is 6.42 Å². The molecule has 0 unspecified atom stereocenters. The Morgan fingerprint density at radius 1 is 0.917 bits per heavy atom. The van der Waals surface area contributed by atoms with Gasteiger partial charge in [0.2, 0.25) is 0 Å². The van der Waals surface area contributed by atoms with Crippen LogP contribution in [0, 0.1) is 6.92 Å². The Labute approximate surface area is 144 Å². The summed E-state index contributed by atoms with van der Waals surface area (Å²) < 4.78 is 0. The van der Waals surface area contributed by atoms with Crippen molar-refractivity contribution in [3.63, 3.8) is 0 Å². The summed E-state index contributed by atoms with van der Waals surface area (Å²) in [6.07, 6.45) is 1.59. The van der Waals surface area contributed by atoms with Gasteiger partial charge < -0.3 is 4.90 Å². The van der Waals surface area contributed by atoms with Gasteiger partial charge in [-0.05, 0) is 37.6 Å². The second-order valence-electron chi connectivity index (χ2n) is 6.51. The van der Waals surface area contributed by atoms with Crippen LogP contribution < -0.4 is 4.90 Å². The van der Waals surface area contributed by atoms with Crippen LogP contribution in [-0.2, 0) is 0 Å². The molecule has 0 bridgehead atoms. The topological polar surface area (TPSA) is 23.6 Å². The first-order chi connectivity index (χ1) is 11.7. The van der Waals surface area contributed by atoms with Crippen LogP contribution in [0.4, 0.5) is 5.69 Å². The van der Waals surface area contributed by atoms with Crippen molar-refractivity contribution in [2.24, 2.45) is 0 Å². The predicted molar refractivity (Wildman–Crippen MR) is 99.8 cm³/mol. The fraction of sp³-hybridized carbons (Fsp3) is 0.381. The molecule has 1 aliphatic rings. The molecule has 3 heteroatoms. The molecule has 24 heavy (non-hydrogen) atoms. The zero-order valence-corrected chi connectivity index (χ0v) is 14.4. The van der Waals surface area contributed by atoms with E-state index in [2.05, 4.69) is 40.1 Å². The molecule has 0 amide bonds. The SMILES string of the molecule is Cc1ccccc1C(=O)CCCN1CCN(c2ccccc2)CC1. The van der Waals surface area contributed by atoms with Gasteiger partial charge in [-0.25, -0.2) is 0 Å². The standard InChI is InChI=1S/C21H26N2O/c1-18-8-5-6-11-20(18)21(24)12-7-13-22-14-16-23(17-15-22)19-9-3-2-4-10-19/h2-6,8-11H,7,12-17H2,1H3. The lowest BCUT2D eigenvalue weighted by atomic mass is 10.0. The Balaban J connectivity index is 1.41. The van der Waals surface area contributed by atoms with Crippen LogP contribution in [-0.4, -0.2) is 43.4 Å². The summed E-state index contributed by atoms with van der Waals surface area (Å²) in [6.45, 7) is 7.31. The molecule has 0 saturated carbocycles. The van der Waals surface area contributed by atoms with E-state index in [1.807, 2.05) is 31.2 Å². The number of benzene rings is 2. The number of nitrogens with zero attached hydrogens (tertiary/aromatic N) is 2. The maximum Gasteiger partial charge on any atom is 0.163 e. The minimum absolute atomic E-state index is 0.274. The zero-order valence-electron chi connectivity index (χ0n) is 14.4. The number of carbonyl (C=O) groups is 1. The molecule has 0 atom stereocenters. The maximum absolute atomic E-state index is 12.3. The number of anilines is 1. The van der Waals surface area contributed by atoms with Gasteiger partial charge in [-0.2, -0.15) is 0 Å². The van der Waals surface area contributed by atoms with Crippen molar-refractivity contribution < 1.29 is 4.79 Å². The highest BCUT2D eigenvalue weighted by Crippen LogP contribution is 2.16. The van der Waals surface area contributed by atoms with Crippen LogP contribution in [0.1, 0.15) is 28.8 Å². The lowest BCUT2D eigenvalue weighted by molar-refractivity contribution is 0.0973. The number of hydrogen-bond donors (Lipinski definition) is 0. The molecule has 0 aromatic heterocycles. The van der Waals surface area contributed by atoms with Crippen LogP contribution in [0.25, 0.3) is 0 Å². The zero-order chi connectivity index (χ0) is 16.8. The molecular formula is C21H26N2O. The van der Waals surface area contributed by atoms with Gasteiger partial charge in [0.15, 0.2) is 5.78 Å². The molecule has 2 aromatic carbocycles. The van der Waals surface area contributed by atoms with E-state index in [1.165, 1.54) is 5.69 Å². The third-order valence-electron chi connectivity index (χ3n) is 4.82. The highest BCUT2D eigenvalue weighted by molar-refractivity contribution is 5.97. The van der Waals surface area contributed by atoms with Crippen molar-refractivity contribution in [3.05, 3.63) is 65.7 Å². The lowest BCUT2D eigenvalue weighted by Gasteiger charge is -2.36. The molecule has 0 radical (unpaired) electrons. The van der Waals surface area contributed by atoms with Gasteiger partial charge >= 0.3 is 0 Å². The fourth-order valence-corrected chi connectivity index (χ4v) is 3.35. The number of hydrogen-bond acceptors (Lipinski definition) is 3. The number of aryl methyl sites for hydroxylation is 1. The summed E-state index contributed by atoms with van der Waals surface area (Å²) in [5, 5.41) is 0. The van der Waals surface area contributed by atoms with Crippen LogP contribution in [0.5, 0.6) is 0 Å².